The van der Waals surface area contributed by atoms with Crippen LogP contribution in [-0.2, 0) is 13.6 Å². The normalized spacial score (nSPS) is 25.0. The Hall–Kier alpha value is 0.150. The van der Waals surface area contributed by atoms with Gasteiger partial charge in [-0.15, -0.1) is 0 Å². The Morgan fingerprint density at radius 3 is 1.91 bits per heavy atom. The number of hydrogen-bond acceptors (Lipinski definition) is 3. The van der Waals surface area contributed by atoms with Gasteiger partial charge in [-0.05, 0) is 27.2 Å². The second-order valence-corrected chi connectivity index (χ2v) is 6.54. The highest BCUT2D eigenvalue weighted by molar-refractivity contribution is 7.55. The van der Waals surface area contributed by atoms with Gasteiger partial charge in [0.1, 0.15) is 0 Å². The molecule has 11 heavy (non-hydrogen) atoms. The molecule has 0 saturated carbocycles. The van der Waals surface area contributed by atoms with Gasteiger partial charge in [-0.2, -0.15) is 0 Å². The Labute approximate surface area is 67.6 Å². The Kier molecular flexibility index (Phi) is 2.43. The van der Waals surface area contributed by atoms with Crippen molar-refractivity contribution in [1.29, 1.82) is 0 Å². The summed E-state index contributed by atoms with van der Waals surface area (Å²) in [5, 5.41) is -0.382. The molecule has 1 aliphatic rings. The summed E-state index contributed by atoms with van der Waals surface area (Å²) in [5.74, 6) is 0. The zero-order valence-corrected chi connectivity index (χ0v) is 8.19. The molecule has 0 aliphatic carbocycles. The molecule has 1 rings (SSSR count). The van der Waals surface area contributed by atoms with Crippen LogP contribution in [0.4, 0.5) is 0 Å². The van der Waals surface area contributed by atoms with Crippen molar-refractivity contribution in [1.82, 2.24) is 0 Å². The third kappa shape index (κ3) is 1.84. The first-order valence-electron chi connectivity index (χ1n) is 3.85. The highest BCUT2D eigenvalue weighted by Crippen LogP contribution is 2.60. The largest absolute Gasteiger partial charge is 0.335 e. The van der Waals surface area contributed by atoms with Crippen molar-refractivity contribution >= 4 is 7.60 Å². The average Bonchev–Trinajstić information content (AvgIpc) is 1.87. The van der Waals surface area contributed by atoms with Crippen molar-refractivity contribution in [2.24, 2.45) is 0 Å². The molecular weight excluding hydrogens is 163 g/mol. The van der Waals surface area contributed by atoms with Gasteiger partial charge in [-0.25, -0.2) is 0 Å². The van der Waals surface area contributed by atoms with E-state index < -0.39 is 7.60 Å². The van der Waals surface area contributed by atoms with Crippen LogP contribution in [0.15, 0.2) is 0 Å². The van der Waals surface area contributed by atoms with Crippen molar-refractivity contribution in [2.45, 2.75) is 32.3 Å². The summed E-state index contributed by atoms with van der Waals surface area (Å²) in [6.07, 6.45) is 0.847. The lowest BCUT2D eigenvalue weighted by atomic mass is 10.3. The summed E-state index contributed by atoms with van der Waals surface area (Å²) in [6, 6.07) is 0. The predicted octanol–water partition coefficient (Wildman–Crippen LogP) is 2.41. The van der Waals surface area contributed by atoms with Crippen molar-refractivity contribution in [3.05, 3.63) is 0 Å². The monoisotopic (exact) mass is 178 g/mol. The van der Waals surface area contributed by atoms with Gasteiger partial charge in [0.15, 0.2) is 0 Å². The van der Waals surface area contributed by atoms with Crippen LogP contribution in [0.25, 0.3) is 0 Å². The van der Waals surface area contributed by atoms with Crippen molar-refractivity contribution in [3.8, 4) is 0 Å². The van der Waals surface area contributed by atoms with E-state index in [1.165, 1.54) is 0 Å². The Morgan fingerprint density at radius 1 is 1.18 bits per heavy atom. The zero-order valence-electron chi connectivity index (χ0n) is 7.29. The minimum atomic E-state index is -2.80. The molecule has 0 N–H and O–H groups in total. The third-order valence-electron chi connectivity index (χ3n) is 1.63. The topological polar surface area (TPSA) is 35.5 Å². The molecule has 1 fully saturated rings. The van der Waals surface area contributed by atoms with Gasteiger partial charge < -0.3 is 9.05 Å². The minimum absolute atomic E-state index is 0.382. The molecule has 4 heteroatoms. The molecular formula is C7H15O3P. The van der Waals surface area contributed by atoms with Crippen molar-refractivity contribution < 1.29 is 13.6 Å². The quantitative estimate of drug-likeness (QED) is 0.534. The molecule has 0 radical (unpaired) electrons. The molecule has 0 amide bonds. The predicted molar refractivity (Wildman–Crippen MR) is 43.9 cm³/mol. The van der Waals surface area contributed by atoms with Gasteiger partial charge in [0, 0.05) is 0 Å². The molecule has 0 bridgehead atoms. The standard InChI is InChI=1S/C7H15O3P/c1-7(2,3)11(8)9-5-4-6-10-11/h4-6H2,1-3H3. The molecule has 0 unspecified atom stereocenters. The maximum atomic E-state index is 11.8. The first-order chi connectivity index (χ1) is 4.96. The highest BCUT2D eigenvalue weighted by atomic mass is 31.2. The number of rotatable bonds is 0. The van der Waals surface area contributed by atoms with Gasteiger partial charge in [0.2, 0.25) is 0 Å². The first-order valence-corrected chi connectivity index (χ1v) is 5.39. The SMILES string of the molecule is CC(C)(C)P1(=O)OCCCO1. The summed E-state index contributed by atoms with van der Waals surface area (Å²) in [7, 11) is -2.80. The molecule has 66 valence electrons. The molecule has 0 aromatic heterocycles. The van der Waals surface area contributed by atoms with Gasteiger partial charge >= 0.3 is 7.60 Å². The summed E-state index contributed by atoms with van der Waals surface area (Å²) in [5.41, 5.74) is 0. The minimum Gasteiger partial charge on any atom is -0.308 e. The molecule has 3 nitrogen and oxygen atoms in total. The van der Waals surface area contributed by atoms with Crippen molar-refractivity contribution in [3.63, 3.8) is 0 Å². The van der Waals surface area contributed by atoms with E-state index >= 15 is 0 Å². The first kappa shape index (κ1) is 9.24. The van der Waals surface area contributed by atoms with Gasteiger partial charge in [-0.1, -0.05) is 0 Å². The Bertz CT molecular complexity index is 173. The fourth-order valence-corrected chi connectivity index (χ4v) is 2.44. The summed E-state index contributed by atoms with van der Waals surface area (Å²) >= 11 is 0. The van der Waals surface area contributed by atoms with E-state index in [9.17, 15) is 4.57 Å². The van der Waals surface area contributed by atoms with Crippen LogP contribution >= 0.6 is 7.60 Å². The number of hydrogen-bond donors (Lipinski definition) is 0. The summed E-state index contributed by atoms with van der Waals surface area (Å²) in [4.78, 5) is 0. The van der Waals surface area contributed by atoms with Crippen LogP contribution in [-0.4, -0.2) is 18.4 Å². The molecule has 0 spiro atoms. The van der Waals surface area contributed by atoms with Gasteiger partial charge in [0.05, 0.1) is 18.4 Å². The van der Waals surface area contributed by atoms with Crippen molar-refractivity contribution in [2.75, 3.05) is 13.2 Å². The lowest BCUT2D eigenvalue weighted by Gasteiger charge is -2.32. The Balaban J connectivity index is 2.73. The second-order valence-electron chi connectivity index (χ2n) is 3.69. The fourth-order valence-electron chi connectivity index (χ4n) is 0.853. The molecule has 1 saturated heterocycles. The van der Waals surface area contributed by atoms with Gasteiger partial charge in [-0.3, -0.25) is 4.57 Å². The molecule has 1 heterocycles. The van der Waals surface area contributed by atoms with Crippen LogP contribution < -0.4 is 0 Å². The molecule has 0 aromatic rings. The Morgan fingerprint density at radius 2 is 1.64 bits per heavy atom. The van der Waals surface area contributed by atoms with Gasteiger partial charge in [0.25, 0.3) is 0 Å². The van der Waals surface area contributed by atoms with E-state index in [2.05, 4.69) is 0 Å². The van der Waals surface area contributed by atoms with E-state index in [1.54, 1.807) is 0 Å². The van der Waals surface area contributed by atoms with E-state index in [0.29, 0.717) is 13.2 Å². The lowest BCUT2D eigenvalue weighted by molar-refractivity contribution is 0.134. The van der Waals surface area contributed by atoms with E-state index in [1.807, 2.05) is 20.8 Å². The fraction of sp³-hybridized carbons (Fsp3) is 1.00. The maximum Gasteiger partial charge on any atom is 0.335 e. The second kappa shape index (κ2) is 2.89. The highest BCUT2D eigenvalue weighted by Gasteiger charge is 2.41. The summed E-state index contributed by atoms with van der Waals surface area (Å²) < 4.78 is 22.1. The zero-order chi connectivity index (χ0) is 8.54. The van der Waals surface area contributed by atoms with Crippen LogP contribution in [0.3, 0.4) is 0 Å². The summed E-state index contributed by atoms with van der Waals surface area (Å²) in [6.45, 7) is 6.75. The van der Waals surface area contributed by atoms with Crippen LogP contribution in [0, 0.1) is 0 Å². The van der Waals surface area contributed by atoms with Crippen LogP contribution in [0.1, 0.15) is 27.2 Å². The average molecular weight is 178 g/mol. The maximum absolute atomic E-state index is 11.8. The van der Waals surface area contributed by atoms with Crippen LogP contribution in [0.5, 0.6) is 0 Å². The van der Waals surface area contributed by atoms with E-state index in [0.717, 1.165) is 6.42 Å². The van der Waals surface area contributed by atoms with E-state index in [4.69, 9.17) is 9.05 Å². The lowest BCUT2D eigenvalue weighted by Crippen LogP contribution is -2.22. The smallest absolute Gasteiger partial charge is 0.308 e. The molecule has 1 aliphatic heterocycles. The third-order valence-corrected chi connectivity index (χ3v) is 4.32. The molecule has 0 aromatic carbocycles. The van der Waals surface area contributed by atoms with Crippen LogP contribution in [0.2, 0.25) is 0 Å². The van der Waals surface area contributed by atoms with E-state index in [-0.39, 0.29) is 5.16 Å². The molecule has 0 atom stereocenters.